The van der Waals surface area contributed by atoms with E-state index >= 15 is 0 Å². The summed E-state index contributed by atoms with van der Waals surface area (Å²) in [6.07, 6.45) is -0.0706. The van der Waals surface area contributed by atoms with Gasteiger partial charge in [0, 0.05) is 30.6 Å². The van der Waals surface area contributed by atoms with E-state index in [1.165, 1.54) is 12.3 Å². The van der Waals surface area contributed by atoms with Crippen molar-refractivity contribution in [3.8, 4) is 0 Å². The highest BCUT2D eigenvalue weighted by Gasteiger charge is 2.32. The van der Waals surface area contributed by atoms with Gasteiger partial charge in [-0.25, -0.2) is 0 Å². The number of rotatable bonds is 2. The molecule has 0 amide bonds. The van der Waals surface area contributed by atoms with Gasteiger partial charge in [0.2, 0.25) is 0 Å². The van der Waals surface area contributed by atoms with Crippen molar-refractivity contribution in [3.05, 3.63) is 0 Å². The van der Waals surface area contributed by atoms with Gasteiger partial charge in [0.05, 0.1) is 6.10 Å². The molecule has 0 bridgehead atoms. The number of nitrogens with zero attached hydrogens (tertiary/aromatic N) is 1. The fourth-order valence-corrected chi connectivity index (χ4v) is 2.22. The minimum atomic E-state index is -0.0706. The van der Waals surface area contributed by atoms with Crippen molar-refractivity contribution in [1.82, 2.24) is 4.90 Å². The Labute approximate surface area is 72.0 Å². The highest BCUT2D eigenvalue weighted by Crippen LogP contribution is 2.32. The van der Waals surface area contributed by atoms with Crippen molar-refractivity contribution < 1.29 is 5.11 Å². The monoisotopic (exact) mass is 173 g/mol. The Hall–Kier alpha value is 0.270. The van der Waals surface area contributed by atoms with Crippen LogP contribution in [-0.4, -0.2) is 46.7 Å². The molecule has 3 heteroatoms. The number of aliphatic hydroxyl groups excluding tert-OH is 1. The number of aliphatic hydroxyl groups is 1. The maximum absolute atomic E-state index is 9.45. The van der Waals surface area contributed by atoms with E-state index < -0.39 is 0 Å². The van der Waals surface area contributed by atoms with Gasteiger partial charge in [0.25, 0.3) is 0 Å². The van der Waals surface area contributed by atoms with Gasteiger partial charge in [-0.05, 0) is 5.92 Å². The molecule has 2 rings (SSSR count). The molecule has 0 saturated carbocycles. The summed E-state index contributed by atoms with van der Waals surface area (Å²) in [5.74, 6) is 1.82. The second-order valence-electron chi connectivity index (χ2n) is 3.72. The second-order valence-corrected chi connectivity index (χ2v) is 5.05. The van der Waals surface area contributed by atoms with Crippen LogP contribution in [0.15, 0.2) is 0 Å². The van der Waals surface area contributed by atoms with Crippen LogP contribution in [0.5, 0.6) is 0 Å². The second kappa shape index (κ2) is 2.96. The molecule has 64 valence electrons. The van der Waals surface area contributed by atoms with Gasteiger partial charge >= 0.3 is 0 Å². The molecule has 0 spiro atoms. The third-order valence-electron chi connectivity index (χ3n) is 2.51. The van der Waals surface area contributed by atoms with Crippen LogP contribution in [0, 0.1) is 5.92 Å². The molecular formula is C8H15NOS. The summed E-state index contributed by atoms with van der Waals surface area (Å²) in [4.78, 5) is 2.39. The van der Waals surface area contributed by atoms with Crippen molar-refractivity contribution in [1.29, 1.82) is 0 Å². The molecule has 2 nitrogen and oxygen atoms in total. The van der Waals surface area contributed by atoms with Crippen molar-refractivity contribution in [2.75, 3.05) is 25.4 Å². The van der Waals surface area contributed by atoms with Crippen LogP contribution < -0.4 is 0 Å². The SMILES string of the molecule is CC1CN(CC2CS2)CC1O. The van der Waals surface area contributed by atoms with E-state index in [0.29, 0.717) is 5.92 Å². The van der Waals surface area contributed by atoms with Crippen LogP contribution in [0.4, 0.5) is 0 Å². The van der Waals surface area contributed by atoms with Crippen LogP contribution >= 0.6 is 11.8 Å². The lowest BCUT2D eigenvalue weighted by atomic mass is 10.1. The van der Waals surface area contributed by atoms with Gasteiger partial charge in [-0.15, -0.1) is 0 Å². The Kier molecular flexibility index (Phi) is 2.12. The van der Waals surface area contributed by atoms with E-state index in [0.717, 1.165) is 18.3 Å². The molecule has 2 aliphatic heterocycles. The van der Waals surface area contributed by atoms with E-state index in [1.807, 2.05) is 11.8 Å². The summed E-state index contributed by atoms with van der Waals surface area (Å²) in [6, 6.07) is 0. The molecule has 0 aromatic heterocycles. The minimum Gasteiger partial charge on any atom is -0.391 e. The maximum atomic E-state index is 9.45. The van der Waals surface area contributed by atoms with Crippen LogP contribution in [0.2, 0.25) is 0 Å². The smallest absolute Gasteiger partial charge is 0.0704 e. The van der Waals surface area contributed by atoms with E-state index in [-0.39, 0.29) is 6.10 Å². The number of β-amino-alcohol motifs (C(OH)–C–C–N with tert-alkyl or cyclic N) is 1. The average molecular weight is 173 g/mol. The lowest BCUT2D eigenvalue weighted by Gasteiger charge is -2.12. The molecule has 0 aromatic rings. The molecule has 11 heavy (non-hydrogen) atoms. The molecule has 2 fully saturated rings. The largest absolute Gasteiger partial charge is 0.391 e. The summed E-state index contributed by atoms with van der Waals surface area (Å²) < 4.78 is 0. The molecule has 0 radical (unpaired) electrons. The van der Waals surface area contributed by atoms with Crippen LogP contribution in [0.1, 0.15) is 6.92 Å². The normalized spacial score (nSPS) is 44.7. The van der Waals surface area contributed by atoms with Crippen molar-refractivity contribution in [2.24, 2.45) is 5.92 Å². The molecule has 2 aliphatic rings. The maximum Gasteiger partial charge on any atom is 0.0704 e. The fraction of sp³-hybridized carbons (Fsp3) is 1.00. The highest BCUT2D eigenvalue weighted by molar-refractivity contribution is 8.06. The number of thioether (sulfide) groups is 1. The summed E-state index contributed by atoms with van der Waals surface area (Å²) in [6.45, 7) is 5.33. The van der Waals surface area contributed by atoms with Crippen molar-refractivity contribution >= 4 is 11.8 Å². The first-order valence-electron chi connectivity index (χ1n) is 4.27. The minimum absolute atomic E-state index is 0.0706. The first-order chi connectivity index (χ1) is 5.25. The standard InChI is InChI=1S/C8H15NOS/c1-6-2-9(4-8(6)10)3-7-5-11-7/h6-8,10H,2-5H2,1H3. The molecule has 0 aliphatic carbocycles. The van der Waals surface area contributed by atoms with Gasteiger partial charge in [-0.2, -0.15) is 11.8 Å². The van der Waals surface area contributed by atoms with E-state index in [4.69, 9.17) is 0 Å². The lowest BCUT2D eigenvalue weighted by molar-refractivity contribution is 0.148. The number of likely N-dealkylation sites (tertiary alicyclic amines) is 1. The summed E-state index contributed by atoms with van der Waals surface area (Å²) in [5.41, 5.74) is 0. The molecule has 1 N–H and O–H groups in total. The van der Waals surface area contributed by atoms with Crippen molar-refractivity contribution in [3.63, 3.8) is 0 Å². The van der Waals surface area contributed by atoms with E-state index in [9.17, 15) is 5.11 Å². The number of hydrogen-bond acceptors (Lipinski definition) is 3. The van der Waals surface area contributed by atoms with Gasteiger partial charge in [0.15, 0.2) is 0 Å². The summed E-state index contributed by atoms with van der Waals surface area (Å²) in [5, 5.41) is 10.3. The zero-order chi connectivity index (χ0) is 7.84. The average Bonchev–Trinajstić information content (AvgIpc) is 2.65. The first-order valence-corrected chi connectivity index (χ1v) is 5.32. The van der Waals surface area contributed by atoms with Gasteiger partial charge < -0.3 is 5.11 Å². The van der Waals surface area contributed by atoms with Crippen LogP contribution in [-0.2, 0) is 0 Å². The van der Waals surface area contributed by atoms with Crippen LogP contribution in [0.25, 0.3) is 0 Å². The predicted octanol–water partition coefficient (Wildman–Crippen LogP) is 0.414. The first kappa shape index (κ1) is 7.90. The Morgan fingerprint density at radius 1 is 1.55 bits per heavy atom. The predicted molar refractivity (Wildman–Crippen MR) is 47.9 cm³/mol. The van der Waals surface area contributed by atoms with Gasteiger partial charge in [0.1, 0.15) is 0 Å². The van der Waals surface area contributed by atoms with Crippen LogP contribution in [0.3, 0.4) is 0 Å². The summed E-state index contributed by atoms with van der Waals surface area (Å²) in [7, 11) is 0. The zero-order valence-corrected chi connectivity index (χ0v) is 7.68. The van der Waals surface area contributed by atoms with Crippen molar-refractivity contribution in [2.45, 2.75) is 18.3 Å². The molecule has 3 unspecified atom stereocenters. The molecule has 2 heterocycles. The zero-order valence-electron chi connectivity index (χ0n) is 6.86. The van der Waals surface area contributed by atoms with Gasteiger partial charge in [-0.1, -0.05) is 6.92 Å². The Bertz CT molecular complexity index is 136. The highest BCUT2D eigenvalue weighted by atomic mass is 32.2. The molecule has 3 atom stereocenters. The van der Waals surface area contributed by atoms with E-state index in [1.54, 1.807) is 0 Å². The Balaban J connectivity index is 1.78. The molecular weight excluding hydrogens is 158 g/mol. The Morgan fingerprint density at radius 2 is 2.27 bits per heavy atom. The number of hydrogen-bond donors (Lipinski definition) is 1. The topological polar surface area (TPSA) is 23.5 Å². The summed E-state index contributed by atoms with van der Waals surface area (Å²) >= 11 is 2.03. The Morgan fingerprint density at radius 3 is 2.73 bits per heavy atom. The molecule has 2 saturated heterocycles. The molecule has 0 aromatic carbocycles. The quantitative estimate of drug-likeness (QED) is 0.612. The van der Waals surface area contributed by atoms with Gasteiger partial charge in [-0.3, -0.25) is 4.90 Å². The third-order valence-corrected chi connectivity index (χ3v) is 3.47. The van der Waals surface area contributed by atoms with E-state index in [2.05, 4.69) is 11.8 Å². The fourth-order valence-electron chi connectivity index (χ4n) is 1.66. The lowest BCUT2D eigenvalue weighted by Crippen LogP contribution is -2.25. The third kappa shape index (κ3) is 1.89.